The lowest BCUT2D eigenvalue weighted by Gasteiger charge is -2.25. The van der Waals surface area contributed by atoms with Gasteiger partial charge in [-0.3, -0.25) is 24.0 Å². The van der Waals surface area contributed by atoms with Gasteiger partial charge < -0.3 is 43.2 Å². The van der Waals surface area contributed by atoms with Crippen LogP contribution < -0.4 is 33.2 Å². The van der Waals surface area contributed by atoms with Crippen molar-refractivity contribution in [3.8, 4) is 0 Å². The molecule has 4 unspecified atom stereocenters. The number of aliphatic carboxylic acids is 1. The summed E-state index contributed by atoms with van der Waals surface area (Å²) in [5.74, 6) is -5.42. The number of carboxylic acids is 1. The van der Waals surface area contributed by atoms with E-state index in [4.69, 9.17) is 17.2 Å². The summed E-state index contributed by atoms with van der Waals surface area (Å²) in [6.45, 7) is 0. The summed E-state index contributed by atoms with van der Waals surface area (Å²) in [4.78, 5) is 79.7. The predicted molar refractivity (Wildman–Crippen MR) is 136 cm³/mol. The highest BCUT2D eigenvalue weighted by molar-refractivity contribution is 5.95. The minimum absolute atomic E-state index is 0.0105. The molecule has 39 heavy (non-hydrogen) atoms. The molecule has 5 amide bonds. The zero-order valence-corrected chi connectivity index (χ0v) is 21.0. The molecule has 210 valence electrons. The Kier molecular flexibility index (Phi) is 11.6. The third-order valence-corrected chi connectivity index (χ3v) is 5.58. The molecule has 2 rings (SSSR count). The van der Waals surface area contributed by atoms with Crippen LogP contribution in [0.25, 0.3) is 0 Å². The van der Waals surface area contributed by atoms with E-state index < -0.39 is 66.1 Å². The minimum atomic E-state index is -1.38. The molecule has 15 nitrogen and oxygen atoms in total. The number of carbonyl (C=O) groups is 6. The molecular weight excluding hydrogens is 512 g/mol. The zero-order chi connectivity index (χ0) is 28.9. The lowest BCUT2D eigenvalue weighted by atomic mass is 10.0. The molecule has 0 spiro atoms. The number of imidazole rings is 1. The lowest BCUT2D eigenvalue weighted by Crippen LogP contribution is -2.58. The second kappa shape index (κ2) is 14.8. The minimum Gasteiger partial charge on any atom is -0.480 e. The molecule has 4 atom stereocenters. The van der Waals surface area contributed by atoms with Crippen molar-refractivity contribution >= 4 is 35.5 Å². The van der Waals surface area contributed by atoms with E-state index in [0.29, 0.717) is 11.3 Å². The van der Waals surface area contributed by atoms with E-state index in [1.807, 2.05) is 0 Å². The van der Waals surface area contributed by atoms with Crippen molar-refractivity contribution in [1.82, 2.24) is 25.9 Å². The molecule has 15 heteroatoms. The largest absolute Gasteiger partial charge is 0.480 e. The summed E-state index contributed by atoms with van der Waals surface area (Å²) in [5.41, 5.74) is 17.1. The number of rotatable bonds is 16. The molecule has 0 bridgehead atoms. The number of primary amides is 2. The number of nitrogens with two attached hydrogens (primary N) is 3. The number of carbonyl (C=O) groups excluding carboxylic acids is 5. The van der Waals surface area contributed by atoms with Crippen LogP contribution >= 0.6 is 0 Å². The van der Waals surface area contributed by atoms with E-state index in [1.165, 1.54) is 12.5 Å². The van der Waals surface area contributed by atoms with Crippen LogP contribution in [0.4, 0.5) is 0 Å². The maximum absolute atomic E-state index is 13.3. The molecule has 0 saturated carbocycles. The number of nitrogens with one attached hydrogen (secondary N) is 4. The quantitative estimate of drug-likeness (QED) is 0.108. The molecular formula is C24H32N8O7. The van der Waals surface area contributed by atoms with Crippen LogP contribution in [0.3, 0.4) is 0 Å². The summed E-state index contributed by atoms with van der Waals surface area (Å²) in [5, 5.41) is 16.8. The Bertz CT molecular complexity index is 1160. The predicted octanol–water partition coefficient (Wildman–Crippen LogP) is -2.80. The summed E-state index contributed by atoms with van der Waals surface area (Å²) in [6.07, 6.45) is 1.62. The molecule has 2 aromatic rings. The summed E-state index contributed by atoms with van der Waals surface area (Å²) in [7, 11) is 0. The first kappa shape index (κ1) is 30.4. The van der Waals surface area contributed by atoms with Crippen molar-refractivity contribution in [2.45, 2.75) is 56.3 Å². The van der Waals surface area contributed by atoms with Gasteiger partial charge >= 0.3 is 5.97 Å². The Morgan fingerprint density at radius 2 is 1.46 bits per heavy atom. The fourth-order valence-corrected chi connectivity index (χ4v) is 3.56. The van der Waals surface area contributed by atoms with Gasteiger partial charge in [0.25, 0.3) is 0 Å². The fourth-order valence-electron chi connectivity index (χ4n) is 3.56. The molecule has 0 saturated heterocycles. The molecule has 11 N–H and O–H groups in total. The van der Waals surface area contributed by atoms with Crippen molar-refractivity contribution in [1.29, 1.82) is 0 Å². The Labute approximate surface area is 223 Å². The molecule has 1 heterocycles. The number of benzene rings is 1. The summed E-state index contributed by atoms with van der Waals surface area (Å²) >= 11 is 0. The van der Waals surface area contributed by atoms with E-state index in [0.717, 1.165) is 0 Å². The molecule has 0 radical (unpaired) electrons. The number of aromatic nitrogens is 2. The highest BCUT2D eigenvalue weighted by Gasteiger charge is 2.31. The first-order valence-electron chi connectivity index (χ1n) is 11.9. The molecule has 0 aliphatic carbocycles. The fraction of sp³-hybridized carbons (Fsp3) is 0.375. The molecule has 1 aromatic heterocycles. The first-order chi connectivity index (χ1) is 18.5. The van der Waals surface area contributed by atoms with Gasteiger partial charge in [-0.1, -0.05) is 30.3 Å². The number of carboxylic acid groups (broad SMARTS) is 1. The number of amides is 5. The topological polar surface area (TPSA) is 265 Å². The maximum atomic E-state index is 13.3. The Balaban J connectivity index is 2.23. The molecule has 0 aliphatic heterocycles. The van der Waals surface area contributed by atoms with Gasteiger partial charge in [-0.2, -0.15) is 0 Å². The normalized spacial score (nSPS) is 13.8. The van der Waals surface area contributed by atoms with Gasteiger partial charge in [0.05, 0.1) is 18.8 Å². The third-order valence-electron chi connectivity index (χ3n) is 5.58. The average Bonchev–Trinajstić information content (AvgIpc) is 3.38. The van der Waals surface area contributed by atoms with Crippen LogP contribution in [-0.4, -0.2) is 74.7 Å². The second-order valence-electron chi connectivity index (χ2n) is 8.77. The Hall–Kier alpha value is -4.79. The van der Waals surface area contributed by atoms with Crippen molar-refractivity contribution in [2.24, 2.45) is 17.2 Å². The number of hydrogen-bond donors (Lipinski definition) is 8. The average molecular weight is 545 g/mol. The number of nitrogens with zero attached hydrogens (tertiary/aromatic N) is 1. The van der Waals surface area contributed by atoms with Crippen LogP contribution in [-0.2, 0) is 41.6 Å². The van der Waals surface area contributed by atoms with Crippen LogP contribution in [0.15, 0.2) is 42.9 Å². The van der Waals surface area contributed by atoms with E-state index >= 15 is 0 Å². The van der Waals surface area contributed by atoms with Crippen molar-refractivity contribution in [2.75, 3.05) is 0 Å². The van der Waals surface area contributed by atoms with Crippen LogP contribution in [0, 0.1) is 0 Å². The lowest BCUT2D eigenvalue weighted by molar-refractivity contribution is -0.142. The van der Waals surface area contributed by atoms with Gasteiger partial charge in [0.1, 0.15) is 18.1 Å². The van der Waals surface area contributed by atoms with Crippen molar-refractivity contribution < 1.29 is 33.9 Å². The third kappa shape index (κ3) is 10.6. The Morgan fingerprint density at radius 3 is 2.03 bits per heavy atom. The van der Waals surface area contributed by atoms with Gasteiger partial charge in [0, 0.05) is 31.2 Å². The van der Waals surface area contributed by atoms with Crippen molar-refractivity contribution in [3.63, 3.8) is 0 Å². The van der Waals surface area contributed by atoms with Gasteiger partial charge in [0.2, 0.25) is 29.5 Å². The Morgan fingerprint density at radius 1 is 0.846 bits per heavy atom. The monoisotopic (exact) mass is 544 g/mol. The summed E-state index contributed by atoms with van der Waals surface area (Å²) in [6, 6.07) is 3.30. The number of H-pyrrole nitrogens is 1. The molecule has 0 fully saturated rings. The first-order valence-corrected chi connectivity index (χ1v) is 11.9. The van der Waals surface area contributed by atoms with Crippen LogP contribution in [0.2, 0.25) is 0 Å². The van der Waals surface area contributed by atoms with E-state index in [9.17, 15) is 33.9 Å². The van der Waals surface area contributed by atoms with E-state index in [-0.39, 0.29) is 25.7 Å². The molecule has 1 aromatic carbocycles. The standard InChI is InChI=1S/C24H32N8O7/c25-15(10-20(27)34)21(35)31-17(8-13-4-2-1-3-5-13)23(37)30-16(6-7-19(26)33)22(36)32-18(24(38)39)9-14-11-28-12-29-14/h1-5,11-12,15-18H,6-10,25H2,(H2,26,33)(H2,27,34)(H,28,29)(H,30,37)(H,31,35)(H,32,36)(H,38,39). The number of hydrogen-bond acceptors (Lipinski definition) is 8. The smallest absolute Gasteiger partial charge is 0.326 e. The van der Waals surface area contributed by atoms with Crippen LogP contribution in [0.5, 0.6) is 0 Å². The maximum Gasteiger partial charge on any atom is 0.326 e. The van der Waals surface area contributed by atoms with Gasteiger partial charge in [-0.05, 0) is 12.0 Å². The van der Waals surface area contributed by atoms with Gasteiger partial charge in [0.15, 0.2) is 0 Å². The number of aromatic amines is 1. The summed E-state index contributed by atoms with van der Waals surface area (Å²) < 4.78 is 0. The highest BCUT2D eigenvalue weighted by Crippen LogP contribution is 2.07. The van der Waals surface area contributed by atoms with Crippen LogP contribution in [0.1, 0.15) is 30.5 Å². The SMILES string of the molecule is NC(=O)CCC(NC(=O)C(Cc1ccccc1)NC(=O)C(N)CC(N)=O)C(=O)NC(Cc1cnc[nH]1)C(=O)O. The van der Waals surface area contributed by atoms with Gasteiger partial charge in [-0.15, -0.1) is 0 Å². The van der Waals surface area contributed by atoms with Crippen molar-refractivity contribution in [3.05, 3.63) is 54.1 Å². The van der Waals surface area contributed by atoms with E-state index in [2.05, 4.69) is 25.9 Å². The second-order valence-corrected chi connectivity index (χ2v) is 8.77. The highest BCUT2D eigenvalue weighted by atomic mass is 16.4. The zero-order valence-electron chi connectivity index (χ0n) is 21.0. The van der Waals surface area contributed by atoms with Gasteiger partial charge in [-0.25, -0.2) is 9.78 Å². The molecule has 0 aliphatic rings. The van der Waals surface area contributed by atoms with E-state index in [1.54, 1.807) is 30.3 Å².